The van der Waals surface area contributed by atoms with Gasteiger partial charge in [0.1, 0.15) is 9.84 Å². The smallest absolute Gasteiger partial charge is 0.241 e. The molecule has 0 spiro atoms. The molecule has 2 unspecified atom stereocenters. The summed E-state index contributed by atoms with van der Waals surface area (Å²) >= 11 is 0. The number of carbonyl (C=O) groups excluding carboxylic acids is 1. The zero-order valence-corrected chi connectivity index (χ0v) is 13.9. The normalized spacial score (nSPS) is 23.9. The largest absolute Gasteiger partial charge is 0.326 e. The second-order valence-electron chi connectivity index (χ2n) is 6.17. The van der Waals surface area contributed by atoms with Gasteiger partial charge < -0.3 is 4.90 Å². The first-order valence-corrected chi connectivity index (χ1v) is 9.55. The van der Waals surface area contributed by atoms with E-state index in [0.717, 1.165) is 19.3 Å². The second kappa shape index (κ2) is 7.41. The second-order valence-corrected chi connectivity index (χ2v) is 8.43. The summed E-state index contributed by atoms with van der Waals surface area (Å²) in [4.78, 5) is 14.2. The summed E-state index contributed by atoms with van der Waals surface area (Å²) in [5, 5.41) is 3.40. The Morgan fingerprint density at radius 1 is 1.35 bits per heavy atom. The molecule has 1 heterocycles. The molecule has 0 aromatic heterocycles. The maximum absolute atomic E-state index is 12.4. The van der Waals surface area contributed by atoms with Crippen molar-refractivity contribution in [2.75, 3.05) is 18.6 Å². The number of amides is 1. The lowest BCUT2D eigenvalue weighted by molar-refractivity contribution is -0.130. The quantitative estimate of drug-likeness (QED) is 0.736. The van der Waals surface area contributed by atoms with Gasteiger partial charge in [-0.2, -0.15) is 0 Å². The molecule has 1 saturated heterocycles. The molecule has 1 aliphatic heterocycles. The van der Waals surface area contributed by atoms with Crippen LogP contribution in [0, 0.1) is 5.92 Å². The standard InChI is InChI=1S/C14H28N2O3S/c1-5-7-13-15-12(10-11(2)3)14(17)16(13)8-6-9-20(4,18)19/h11-13,15H,5-10H2,1-4H3. The number of hydrogen-bond donors (Lipinski definition) is 1. The molecule has 0 aromatic carbocycles. The van der Waals surface area contributed by atoms with Crippen molar-refractivity contribution in [1.29, 1.82) is 0 Å². The third kappa shape index (κ3) is 5.40. The van der Waals surface area contributed by atoms with Crippen LogP contribution in [0.25, 0.3) is 0 Å². The molecule has 0 bridgehead atoms. The van der Waals surface area contributed by atoms with E-state index in [1.54, 1.807) is 0 Å². The first-order chi connectivity index (χ1) is 9.24. The summed E-state index contributed by atoms with van der Waals surface area (Å²) < 4.78 is 22.4. The molecule has 0 aromatic rings. The lowest BCUT2D eigenvalue weighted by atomic mass is 10.0. The van der Waals surface area contributed by atoms with Gasteiger partial charge in [0, 0.05) is 12.8 Å². The lowest BCUT2D eigenvalue weighted by Gasteiger charge is -2.23. The fraction of sp³-hybridized carbons (Fsp3) is 0.929. The van der Waals surface area contributed by atoms with E-state index < -0.39 is 9.84 Å². The van der Waals surface area contributed by atoms with E-state index >= 15 is 0 Å². The van der Waals surface area contributed by atoms with Gasteiger partial charge in [0.25, 0.3) is 0 Å². The first kappa shape index (κ1) is 17.4. The van der Waals surface area contributed by atoms with Crippen LogP contribution in [0.2, 0.25) is 0 Å². The summed E-state index contributed by atoms with van der Waals surface area (Å²) in [6.45, 7) is 6.83. The molecule has 0 aliphatic carbocycles. The van der Waals surface area contributed by atoms with E-state index in [1.165, 1.54) is 6.26 Å². The van der Waals surface area contributed by atoms with Crippen LogP contribution in [-0.4, -0.2) is 50.0 Å². The van der Waals surface area contributed by atoms with Crippen LogP contribution in [0.15, 0.2) is 0 Å². The lowest BCUT2D eigenvalue weighted by Crippen LogP contribution is -2.38. The fourth-order valence-electron chi connectivity index (χ4n) is 2.66. The summed E-state index contributed by atoms with van der Waals surface area (Å²) in [6.07, 6.45) is 4.57. The maximum atomic E-state index is 12.4. The van der Waals surface area contributed by atoms with Gasteiger partial charge in [0.15, 0.2) is 0 Å². The molecule has 1 aliphatic rings. The van der Waals surface area contributed by atoms with Crippen LogP contribution in [-0.2, 0) is 14.6 Å². The predicted octanol–water partition coefficient (Wildman–Crippen LogP) is 1.39. The van der Waals surface area contributed by atoms with Crippen LogP contribution < -0.4 is 5.32 Å². The number of rotatable bonds is 8. The molecule has 1 N–H and O–H groups in total. The Bertz CT molecular complexity index is 420. The Hall–Kier alpha value is -0.620. The predicted molar refractivity (Wildman–Crippen MR) is 81.1 cm³/mol. The van der Waals surface area contributed by atoms with E-state index in [4.69, 9.17) is 0 Å². The molecule has 0 radical (unpaired) electrons. The van der Waals surface area contributed by atoms with E-state index in [9.17, 15) is 13.2 Å². The Labute approximate surface area is 123 Å². The van der Waals surface area contributed by atoms with E-state index in [1.807, 2.05) is 4.90 Å². The van der Waals surface area contributed by atoms with Crippen LogP contribution in [0.4, 0.5) is 0 Å². The molecule has 20 heavy (non-hydrogen) atoms. The van der Waals surface area contributed by atoms with Crippen molar-refractivity contribution in [3.05, 3.63) is 0 Å². The van der Waals surface area contributed by atoms with Crippen molar-refractivity contribution >= 4 is 15.7 Å². The third-order valence-electron chi connectivity index (χ3n) is 3.53. The topological polar surface area (TPSA) is 66.5 Å². The molecular formula is C14H28N2O3S. The highest BCUT2D eigenvalue weighted by Crippen LogP contribution is 2.20. The van der Waals surface area contributed by atoms with Gasteiger partial charge >= 0.3 is 0 Å². The number of carbonyl (C=O) groups is 1. The summed E-state index contributed by atoms with van der Waals surface area (Å²) in [7, 11) is -2.95. The van der Waals surface area contributed by atoms with Gasteiger partial charge in [0.2, 0.25) is 5.91 Å². The number of nitrogens with one attached hydrogen (secondary N) is 1. The van der Waals surface area contributed by atoms with Crippen LogP contribution in [0.3, 0.4) is 0 Å². The molecule has 2 atom stereocenters. The number of sulfone groups is 1. The molecule has 1 fully saturated rings. The summed E-state index contributed by atoms with van der Waals surface area (Å²) in [5.41, 5.74) is 0. The minimum atomic E-state index is -2.95. The van der Waals surface area contributed by atoms with Crippen LogP contribution in [0.1, 0.15) is 46.5 Å². The minimum Gasteiger partial charge on any atom is -0.326 e. The fourth-order valence-corrected chi connectivity index (χ4v) is 3.32. The van der Waals surface area contributed by atoms with E-state index in [-0.39, 0.29) is 23.9 Å². The Kier molecular flexibility index (Phi) is 6.45. The zero-order chi connectivity index (χ0) is 15.3. The monoisotopic (exact) mass is 304 g/mol. The highest BCUT2D eigenvalue weighted by Gasteiger charge is 2.37. The van der Waals surface area contributed by atoms with Gasteiger partial charge in [-0.05, 0) is 25.2 Å². The van der Waals surface area contributed by atoms with Crippen molar-refractivity contribution in [3.8, 4) is 0 Å². The third-order valence-corrected chi connectivity index (χ3v) is 4.56. The van der Waals surface area contributed by atoms with Crippen molar-refractivity contribution in [3.63, 3.8) is 0 Å². The average molecular weight is 304 g/mol. The van der Waals surface area contributed by atoms with Gasteiger partial charge in [-0.3, -0.25) is 10.1 Å². The van der Waals surface area contributed by atoms with Crippen LogP contribution >= 0.6 is 0 Å². The van der Waals surface area contributed by atoms with Gasteiger partial charge in [0.05, 0.1) is 18.0 Å². The summed E-state index contributed by atoms with van der Waals surface area (Å²) in [5.74, 6) is 0.741. The van der Waals surface area contributed by atoms with Crippen molar-refractivity contribution in [2.24, 2.45) is 5.92 Å². The van der Waals surface area contributed by atoms with Gasteiger partial charge in [-0.1, -0.05) is 27.2 Å². The molecule has 6 heteroatoms. The van der Waals surface area contributed by atoms with E-state index in [2.05, 4.69) is 26.1 Å². The Morgan fingerprint density at radius 3 is 2.50 bits per heavy atom. The van der Waals surface area contributed by atoms with Crippen LogP contribution in [0.5, 0.6) is 0 Å². The highest BCUT2D eigenvalue weighted by molar-refractivity contribution is 7.90. The Balaban J connectivity index is 2.62. The molecule has 1 amide bonds. The van der Waals surface area contributed by atoms with Gasteiger partial charge in [-0.25, -0.2) is 8.42 Å². The maximum Gasteiger partial charge on any atom is 0.241 e. The number of nitrogens with zero attached hydrogens (tertiary/aromatic N) is 1. The SMILES string of the molecule is CCCC1NC(CC(C)C)C(=O)N1CCCS(C)(=O)=O. The summed E-state index contributed by atoms with van der Waals surface area (Å²) in [6, 6.07) is -0.107. The average Bonchev–Trinajstić information content (AvgIpc) is 2.56. The van der Waals surface area contributed by atoms with Gasteiger partial charge in [-0.15, -0.1) is 0 Å². The molecule has 118 valence electrons. The molecular weight excluding hydrogens is 276 g/mol. The molecule has 1 rings (SSSR count). The molecule has 0 saturated carbocycles. The zero-order valence-electron chi connectivity index (χ0n) is 13.1. The van der Waals surface area contributed by atoms with Crippen molar-refractivity contribution < 1.29 is 13.2 Å². The highest BCUT2D eigenvalue weighted by atomic mass is 32.2. The number of hydrogen-bond acceptors (Lipinski definition) is 4. The Morgan fingerprint density at radius 2 is 2.00 bits per heavy atom. The first-order valence-electron chi connectivity index (χ1n) is 7.48. The van der Waals surface area contributed by atoms with Crippen molar-refractivity contribution in [1.82, 2.24) is 10.2 Å². The molecule has 5 nitrogen and oxygen atoms in total. The minimum absolute atomic E-state index is 0.0656. The van der Waals surface area contributed by atoms with Crippen molar-refractivity contribution in [2.45, 2.75) is 58.7 Å². The van der Waals surface area contributed by atoms with E-state index in [0.29, 0.717) is 18.9 Å².